The molecule has 1 atom stereocenters. The van der Waals surface area contributed by atoms with Crippen LogP contribution in [0, 0.1) is 5.92 Å². The molecule has 0 amide bonds. The molecule has 0 aliphatic heterocycles. The number of hydrogen-bond acceptors (Lipinski definition) is 4. The van der Waals surface area contributed by atoms with E-state index in [4.69, 9.17) is 9.05 Å². The molecule has 2 aromatic rings. The van der Waals surface area contributed by atoms with Crippen molar-refractivity contribution in [2.24, 2.45) is 5.92 Å². The number of hydrogen-bond donors (Lipinski definition) is 1. The van der Waals surface area contributed by atoms with Crippen LogP contribution in [0.3, 0.4) is 0 Å². The fourth-order valence-electron chi connectivity index (χ4n) is 3.10. The molecule has 1 N–H and O–H groups in total. The summed E-state index contributed by atoms with van der Waals surface area (Å²) in [5.41, 5.74) is 0. The fraction of sp³-hybridized carbons (Fsp3) is 0.368. The SMILES string of the molecule is O=P(C[C@@H](O)C1CCCC1)(Oc1ccccc1)Oc1ccccc1. The largest absolute Gasteiger partial charge is 0.433 e. The molecule has 1 fully saturated rings. The molecule has 5 heteroatoms. The molecule has 0 bridgehead atoms. The van der Waals surface area contributed by atoms with Crippen molar-refractivity contribution in [3.05, 3.63) is 60.7 Å². The topological polar surface area (TPSA) is 55.8 Å². The molecule has 2 aromatic carbocycles. The first-order chi connectivity index (χ1) is 11.6. The van der Waals surface area contributed by atoms with Crippen molar-refractivity contribution in [3.8, 4) is 11.5 Å². The van der Waals surface area contributed by atoms with E-state index in [9.17, 15) is 9.67 Å². The van der Waals surface area contributed by atoms with Crippen molar-refractivity contribution < 1.29 is 18.7 Å². The summed E-state index contributed by atoms with van der Waals surface area (Å²) in [4.78, 5) is 0. The van der Waals surface area contributed by atoms with Gasteiger partial charge in [0.1, 0.15) is 11.5 Å². The first kappa shape index (κ1) is 17.1. The van der Waals surface area contributed by atoms with Gasteiger partial charge in [-0.1, -0.05) is 49.2 Å². The van der Waals surface area contributed by atoms with Crippen LogP contribution in [0.5, 0.6) is 11.5 Å². The highest BCUT2D eigenvalue weighted by Gasteiger charge is 2.36. The summed E-state index contributed by atoms with van der Waals surface area (Å²) < 4.78 is 24.7. The summed E-state index contributed by atoms with van der Waals surface area (Å²) >= 11 is 0. The standard InChI is InChI=1S/C19H23O4P/c20-19(16-9-7-8-10-16)15-24(21,22-17-11-3-1-4-12-17)23-18-13-5-2-6-14-18/h1-6,11-14,16,19-20H,7-10,15H2/t19-/m1/s1. The Hall–Kier alpha value is -1.77. The Morgan fingerprint density at radius 2 is 1.38 bits per heavy atom. The van der Waals surface area contributed by atoms with Gasteiger partial charge in [-0.2, -0.15) is 0 Å². The van der Waals surface area contributed by atoms with Crippen LogP contribution in [0.25, 0.3) is 0 Å². The van der Waals surface area contributed by atoms with Crippen LogP contribution in [-0.2, 0) is 4.57 Å². The maximum Gasteiger partial charge on any atom is 0.433 e. The van der Waals surface area contributed by atoms with E-state index in [0.717, 1.165) is 25.7 Å². The maximum absolute atomic E-state index is 13.3. The van der Waals surface area contributed by atoms with Crippen molar-refractivity contribution in [2.45, 2.75) is 31.8 Å². The third kappa shape index (κ3) is 4.62. The van der Waals surface area contributed by atoms with Gasteiger partial charge < -0.3 is 14.2 Å². The second kappa shape index (κ2) is 7.87. The summed E-state index contributed by atoms with van der Waals surface area (Å²) in [7, 11) is -3.52. The molecular formula is C19H23O4P. The monoisotopic (exact) mass is 346 g/mol. The average Bonchev–Trinajstić information content (AvgIpc) is 3.11. The van der Waals surface area contributed by atoms with E-state index < -0.39 is 13.7 Å². The number of aliphatic hydroxyl groups excluding tert-OH is 1. The van der Waals surface area contributed by atoms with Crippen LogP contribution in [0.2, 0.25) is 0 Å². The Morgan fingerprint density at radius 1 is 0.917 bits per heavy atom. The van der Waals surface area contributed by atoms with Crippen molar-refractivity contribution >= 4 is 7.60 Å². The summed E-state index contributed by atoms with van der Waals surface area (Å²) in [5.74, 6) is 1.14. The van der Waals surface area contributed by atoms with Gasteiger partial charge in [-0.3, -0.25) is 0 Å². The highest BCUT2D eigenvalue weighted by atomic mass is 31.2. The third-order valence-electron chi connectivity index (χ3n) is 4.33. The van der Waals surface area contributed by atoms with Crippen LogP contribution in [-0.4, -0.2) is 17.4 Å². The first-order valence-electron chi connectivity index (χ1n) is 8.41. The van der Waals surface area contributed by atoms with E-state index in [1.807, 2.05) is 36.4 Å². The lowest BCUT2D eigenvalue weighted by atomic mass is 10.0. The molecule has 0 aromatic heterocycles. The number of para-hydroxylation sites is 2. The number of rotatable bonds is 7. The van der Waals surface area contributed by atoms with E-state index >= 15 is 0 Å². The van der Waals surface area contributed by atoms with Gasteiger partial charge >= 0.3 is 7.60 Å². The van der Waals surface area contributed by atoms with Gasteiger partial charge in [0.25, 0.3) is 0 Å². The predicted molar refractivity (Wildman–Crippen MR) is 94.6 cm³/mol. The van der Waals surface area contributed by atoms with Gasteiger partial charge in [0.2, 0.25) is 0 Å². The Bertz CT molecular complexity index is 623. The summed E-state index contributed by atoms with van der Waals surface area (Å²) in [6.07, 6.45) is 3.50. The predicted octanol–water partition coefficient (Wildman–Crippen LogP) is 4.89. The Labute approximate surface area is 143 Å². The zero-order valence-electron chi connectivity index (χ0n) is 13.6. The van der Waals surface area contributed by atoms with E-state index in [0.29, 0.717) is 11.5 Å². The third-order valence-corrected chi connectivity index (χ3v) is 6.13. The van der Waals surface area contributed by atoms with Crippen molar-refractivity contribution in [1.29, 1.82) is 0 Å². The average molecular weight is 346 g/mol. The Morgan fingerprint density at radius 3 is 1.83 bits per heavy atom. The molecule has 1 saturated carbocycles. The molecular weight excluding hydrogens is 323 g/mol. The van der Waals surface area contributed by atoms with Crippen LogP contribution < -0.4 is 9.05 Å². The quantitative estimate of drug-likeness (QED) is 0.725. The number of benzene rings is 2. The van der Waals surface area contributed by atoms with Gasteiger partial charge in [0.15, 0.2) is 0 Å². The van der Waals surface area contributed by atoms with Crippen molar-refractivity contribution in [1.82, 2.24) is 0 Å². The van der Waals surface area contributed by atoms with Gasteiger partial charge in [-0.05, 0) is 43.0 Å². The smallest absolute Gasteiger partial charge is 0.416 e. The molecule has 1 aliphatic carbocycles. The van der Waals surface area contributed by atoms with Crippen LogP contribution in [0.1, 0.15) is 25.7 Å². The minimum Gasteiger partial charge on any atom is -0.416 e. The van der Waals surface area contributed by atoms with E-state index in [1.165, 1.54) is 0 Å². The summed E-state index contributed by atoms with van der Waals surface area (Å²) in [6.45, 7) is 0. The second-order valence-corrected chi connectivity index (χ2v) is 8.17. The van der Waals surface area contributed by atoms with E-state index in [-0.39, 0.29) is 12.1 Å². The van der Waals surface area contributed by atoms with Gasteiger partial charge in [-0.15, -0.1) is 0 Å². The molecule has 0 heterocycles. The molecule has 0 spiro atoms. The normalized spacial score (nSPS) is 16.7. The Kier molecular flexibility index (Phi) is 5.60. The zero-order chi connectivity index (χ0) is 16.8. The van der Waals surface area contributed by atoms with E-state index in [2.05, 4.69) is 0 Å². The first-order valence-corrected chi connectivity index (χ1v) is 10.1. The highest BCUT2D eigenvalue weighted by Crippen LogP contribution is 2.50. The Balaban J connectivity index is 1.78. The van der Waals surface area contributed by atoms with Gasteiger partial charge in [-0.25, -0.2) is 4.57 Å². The van der Waals surface area contributed by atoms with Gasteiger partial charge in [0.05, 0.1) is 12.3 Å². The molecule has 4 nitrogen and oxygen atoms in total. The second-order valence-electron chi connectivity index (χ2n) is 6.21. The van der Waals surface area contributed by atoms with Gasteiger partial charge in [0, 0.05) is 0 Å². The highest BCUT2D eigenvalue weighted by molar-refractivity contribution is 7.54. The molecule has 0 unspecified atom stereocenters. The van der Waals surface area contributed by atoms with Crippen LogP contribution in [0.15, 0.2) is 60.7 Å². The van der Waals surface area contributed by atoms with Crippen molar-refractivity contribution in [3.63, 3.8) is 0 Å². The lowest BCUT2D eigenvalue weighted by Crippen LogP contribution is -2.24. The molecule has 0 saturated heterocycles. The lowest BCUT2D eigenvalue weighted by molar-refractivity contribution is 0.127. The molecule has 128 valence electrons. The molecule has 0 radical (unpaired) electrons. The van der Waals surface area contributed by atoms with Crippen LogP contribution in [0.4, 0.5) is 0 Å². The molecule has 3 rings (SSSR count). The number of aliphatic hydroxyl groups is 1. The molecule has 24 heavy (non-hydrogen) atoms. The minimum absolute atomic E-state index is 0.00144. The minimum atomic E-state index is -3.52. The van der Waals surface area contributed by atoms with Crippen LogP contribution >= 0.6 is 7.60 Å². The van der Waals surface area contributed by atoms with E-state index in [1.54, 1.807) is 24.3 Å². The molecule has 1 aliphatic rings. The maximum atomic E-state index is 13.3. The summed E-state index contributed by atoms with van der Waals surface area (Å²) in [6, 6.07) is 17.9. The van der Waals surface area contributed by atoms with Crippen molar-refractivity contribution in [2.75, 3.05) is 6.16 Å². The zero-order valence-corrected chi connectivity index (χ0v) is 14.5. The fourth-order valence-corrected chi connectivity index (χ4v) is 4.93. The lowest BCUT2D eigenvalue weighted by Gasteiger charge is -2.25. The summed E-state index contributed by atoms with van der Waals surface area (Å²) in [5, 5.41) is 10.5.